The number of benzene rings is 1. The third-order valence-electron chi connectivity index (χ3n) is 6.63. The summed E-state index contributed by atoms with van der Waals surface area (Å²) in [7, 11) is 4.43. The number of carbonyl (C=O) groups excluding carboxylic acids is 1. The summed E-state index contributed by atoms with van der Waals surface area (Å²) in [5, 5.41) is 12.4. The zero-order chi connectivity index (χ0) is 22.4. The maximum absolute atomic E-state index is 13.0. The van der Waals surface area contributed by atoms with Crippen molar-refractivity contribution in [1.82, 2.24) is 14.8 Å². The normalized spacial score (nSPS) is 21.9. The van der Waals surface area contributed by atoms with Gasteiger partial charge in [0.05, 0.1) is 58.1 Å². The number of para-hydroxylation sites is 1. The average Bonchev–Trinajstić information content (AvgIpc) is 3.05. The van der Waals surface area contributed by atoms with Crippen molar-refractivity contribution in [2.24, 2.45) is 0 Å². The lowest BCUT2D eigenvalue weighted by molar-refractivity contribution is -0.895. The Balaban J connectivity index is 1.77. The van der Waals surface area contributed by atoms with Gasteiger partial charge in [0.25, 0.3) is 0 Å². The van der Waals surface area contributed by atoms with Gasteiger partial charge in [0, 0.05) is 29.1 Å². The van der Waals surface area contributed by atoms with E-state index in [4.69, 9.17) is 4.74 Å². The lowest BCUT2D eigenvalue weighted by atomic mass is 9.82. The molecule has 1 aromatic carbocycles. The number of aromatic nitrogens is 1. The van der Waals surface area contributed by atoms with E-state index in [0.717, 1.165) is 52.8 Å². The van der Waals surface area contributed by atoms with Gasteiger partial charge in [-0.1, -0.05) is 32.0 Å². The van der Waals surface area contributed by atoms with Gasteiger partial charge in [-0.05, 0) is 18.6 Å². The van der Waals surface area contributed by atoms with Crippen molar-refractivity contribution < 1.29 is 19.1 Å². The van der Waals surface area contributed by atoms with Crippen LogP contribution in [0.15, 0.2) is 30.5 Å². The number of piperazine rings is 1. The van der Waals surface area contributed by atoms with Gasteiger partial charge < -0.3 is 24.2 Å². The molecule has 2 N–H and O–H groups in total. The third-order valence-corrected chi connectivity index (χ3v) is 6.63. The number of fused-ring (bicyclic) bond motifs is 3. The number of hydrogen-bond acceptors (Lipinski definition) is 5. The molecule has 0 amide bonds. The SMILES string of the molecule is CCOC(=O)C1=CN(C(O)N2CC[N+](C)(C)CC2)CC(C)(C)c2c1[nH]c1ccccc21. The third kappa shape index (κ3) is 4.10. The molecule has 1 unspecified atom stereocenters. The minimum absolute atomic E-state index is 0.300. The van der Waals surface area contributed by atoms with Gasteiger partial charge in [-0.3, -0.25) is 0 Å². The highest BCUT2D eigenvalue weighted by Crippen LogP contribution is 2.40. The van der Waals surface area contributed by atoms with Gasteiger partial charge >= 0.3 is 5.97 Å². The zero-order valence-corrected chi connectivity index (χ0v) is 19.3. The molecule has 2 aliphatic heterocycles. The summed E-state index contributed by atoms with van der Waals surface area (Å²) < 4.78 is 6.36. The summed E-state index contributed by atoms with van der Waals surface area (Å²) in [6.07, 6.45) is 1.000. The standard InChI is InChI=1S/C24H35N4O3/c1-6-31-22(29)18-15-27(23(30)26-11-13-28(4,5)14-12-26)16-24(2,3)20-17-9-7-8-10-19(17)25-21(18)20/h7-10,15,23,25,30H,6,11-14,16H2,1-5H3/q+1. The Morgan fingerprint density at radius 2 is 1.94 bits per heavy atom. The molecule has 2 aliphatic rings. The van der Waals surface area contributed by atoms with E-state index in [1.807, 2.05) is 30.0 Å². The predicted octanol–water partition coefficient (Wildman–Crippen LogP) is 2.33. The lowest BCUT2D eigenvalue weighted by Gasteiger charge is -2.44. The molecule has 168 valence electrons. The first-order valence-corrected chi connectivity index (χ1v) is 11.1. The van der Waals surface area contributed by atoms with E-state index in [0.29, 0.717) is 18.7 Å². The molecule has 0 radical (unpaired) electrons. The molecule has 7 heteroatoms. The summed E-state index contributed by atoms with van der Waals surface area (Å²) in [5.41, 5.74) is 3.04. The number of H-pyrrole nitrogens is 1. The smallest absolute Gasteiger partial charge is 0.341 e. The Morgan fingerprint density at radius 3 is 2.61 bits per heavy atom. The number of aliphatic hydroxyl groups is 1. The van der Waals surface area contributed by atoms with Crippen molar-refractivity contribution in [3.63, 3.8) is 0 Å². The van der Waals surface area contributed by atoms with Gasteiger partial charge in [-0.2, -0.15) is 0 Å². The molecule has 3 heterocycles. The monoisotopic (exact) mass is 427 g/mol. The molecule has 31 heavy (non-hydrogen) atoms. The van der Waals surface area contributed by atoms with Crippen molar-refractivity contribution in [3.8, 4) is 0 Å². The molecule has 1 atom stereocenters. The van der Waals surface area contributed by atoms with Crippen LogP contribution in [0.3, 0.4) is 0 Å². The number of carbonyl (C=O) groups is 1. The van der Waals surface area contributed by atoms with Crippen LogP contribution in [0.4, 0.5) is 0 Å². The summed E-state index contributed by atoms with van der Waals surface area (Å²) in [6, 6.07) is 8.13. The second-order valence-corrected chi connectivity index (χ2v) is 10.0. The molecule has 0 bridgehead atoms. The largest absolute Gasteiger partial charge is 0.462 e. The molecule has 2 aromatic rings. The minimum atomic E-state index is -0.792. The highest BCUT2D eigenvalue weighted by atomic mass is 16.5. The van der Waals surface area contributed by atoms with Crippen LogP contribution < -0.4 is 0 Å². The zero-order valence-electron chi connectivity index (χ0n) is 19.3. The molecule has 1 aromatic heterocycles. The maximum atomic E-state index is 13.0. The first-order chi connectivity index (χ1) is 14.6. The number of nitrogens with one attached hydrogen (secondary N) is 1. The van der Waals surface area contributed by atoms with E-state index < -0.39 is 6.35 Å². The van der Waals surface area contributed by atoms with Crippen molar-refractivity contribution in [2.75, 3.05) is 53.4 Å². The van der Waals surface area contributed by atoms with Crippen molar-refractivity contribution in [2.45, 2.75) is 32.5 Å². The Morgan fingerprint density at radius 1 is 1.26 bits per heavy atom. The summed E-state index contributed by atoms with van der Waals surface area (Å²) >= 11 is 0. The van der Waals surface area contributed by atoms with Crippen LogP contribution >= 0.6 is 0 Å². The highest BCUT2D eigenvalue weighted by molar-refractivity contribution is 6.17. The predicted molar refractivity (Wildman–Crippen MR) is 122 cm³/mol. The number of nitrogens with zero attached hydrogens (tertiary/aromatic N) is 3. The quantitative estimate of drug-likeness (QED) is 0.579. The second kappa shape index (κ2) is 7.97. The van der Waals surface area contributed by atoms with Crippen LogP contribution in [-0.4, -0.2) is 90.1 Å². The first kappa shape index (κ1) is 21.9. The molecular formula is C24H35N4O3+. The molecule has 1 fully saturated rings. The fourth-order valence-electron chi connectivity index (χ4n) is 4.83. The second-order valence-electron chi connectivity index (χ2n) is 10.0. The van der Waals surface area contributed by atoms with Crippen LogP contribution in [0.5, 0.6) is 0 Å². The Bertz CT molecular complexity index is 997. The number of ether oxygens (including phenoxy) is 1. The number of quaternary nitrogens is 1. The number of aliphatic hydroxyl groups excluding tert-OH is 1. The maximum Gasteiger partial charge on any atom is 0.341 e. The van der Waals surface area contributed by atoms with Crippen molar-refractivity contribution in [3.05, 3.63) is 41.7 Å². The van der Waals surface area contributed by atoms with Crippen LogP contribution in [0, 0.1) is 0 Å². The van der Waals surface area contributed by atoms with Crippen LogP contribution in [-0.2, 0) is 14.9 Å². The van der Waals surface area contributed by atoms with Crippen molar-refractivity contribution in [1.29, 1.82) is 0 Å². The Hall–Kier alpha value is -2.35. The summed E-state index contributed by atoms with van der Waals surface area (Å²) in [5.74, 6) is -0.373. The van der Waals surface area contributed by atoms with Gasteiger partial charge in [-0.15, -0.1) is 0 Å². The number of hydrogen-bond donors (Lipinski definition) is 2. The fraction of sp³-hybridized carbons (Fsp3) is 0.542. The average molecular weight is 428 g/mol. The lowest BCUT2D eigenvalue weighted by Crippen LogP contribution is -2.60. The van der Waals surface area contributed by atoms with Gasteiger partial charge in [0.15, 0.2) is 6.35 Å². The molecular weight excluding hydrogens is 392 g/mol. The molecule has 4 rings (SSSR count). The van der Waals surface area contributed by atoms with E-state index in [1.165, 1.54) is 0 Å². The Kier molecular flexibility index (Phi) is 5.62. The fourth-order valence-corrected chi connectivity index (χ4v) is 4.83. The van der Waals surface area contributed by atoms with Crippen LogP contribution in [0.2, 0.25) is 0 Å². The number of esters is 1. The molecule has 0 saturated carbocycles. The van der Waals surface area contributed by atoms with E-state index in [-0.39, 0.29) is 11.4 Å². The number of likely N-dealkylation sites (N-methyl/N-ethyl adjacent to an activating group) is 1. The minimum Gasteiger partial charge on any atom is -0.462 e. The van der Waals surface area contributed by atoms with E-state index in [1.54, 1.807) is 6.20 Å². The van der Waals surface area contributed by atoms with Crippen molar-refractivity contribution >= 4 is 22.4 Å². The van der Waals surface area contributed by atoms with Gasteiger partial charge in [0.2, 0.25) is 0 Å². The van der Waals surface area contributed by atoms with Crippen LogP contribution in [0.25, 0.3) is 16.5 Å². The van der Waals surface area contributed by atoms with E-state index in [2.05, 4.69) is 43.9 Å². The molecule has 1 saturated heterocycles. The topological polar surface area (TPSA) is 68.8 Å². The first-order valence-electron chi connectivity index (χ1n) is 11.1. The van der Waals surface area contributed by atoms with Gasteiger partial charge in [0.1, 0.15) is 0 Å². The number of aromatic amines is 1. The summed E-state index contributed by atoms with van der Waals surface area (Å²) in [6.45, 7) is 10.6. The highest BCUT2D eigenvalue weighted by Gasteiger charge is 2.39. The molecule has 0 spiro atoms. The molecule has 7 nitrogen and oxygen atoms in total. The van der Waals surface area contributed by atoms with Crippen LogP contribution in [0.1, 0.15) is 32.0 Å². The summed E-state index contributed by atoms with van der Waals surface area (Å²) in [4.78, 5) is 20.5. The van der Waals surface area contributed by atoms with Gasteiger partial charge in [-0.25, -0.2) is 9.69 Å². The number of rotatable bonds is 4. The van der Waals surface area contributed by atoms with E-state index in [9.17, 15) is 9.90 Å². The Labute approximate surface area is 184 Å². The van der Waals surface area contributed by atoms with E-state index >= 15 is 0 Å². The molecule has 0 aliphatic carbocycles.